The Morgan fingerprint density at radius 2 is 1.56 bits per heavy atom. The van der Waals surface area contributed by atoms with Crippen LogP contribution in [0.1, 0.15) is 15.9 Å². The summed E-state index contributed by atoms with van der Waals surface area (Å²) < 4.78 is 34.3. The van der Waals surface area contributed by atoms with Crippen LogP contribution in [0.15, 0.2) is 35.9 Å². The number of carbonyl (C=O) groups is 1. The molecule has 0 heterocycles. The molecule has 0 aliphatic heterocycles. The number of methoxy groups -OCH3 is 4. The van der Waals surface area contributed by atoms with Gasteiger partial charge < -0.3 is 18.9 Å². The smallest absolute Gasteiger partial charge is 0.203 e. The van der Waals surface area contributed by atoms with Gasteiger partial charge in [-0.15, -0.1) is 0 Å². The van der Waals surface area contributed by atoms with E-state index in [0.29, 0.717) is 11.3 Å². The number of nitrogens with zero attached hydrogens (tertiary/aromatic N) is 1. The molecule has 0 radical (unpaired) electrons. The van der Waals surface area contributed by atoms with Crippen LogP contribution in [-0.4, -0.2) is 34.2 Å². The fourth-order valence-corrected chi connectivity index (χ4v) is 2.46. The first-order valence-electron chi connectivity index (χ1n) is 7.79. The van der Waals surface area contributed by atoms with E-state index in [1.54, 1.807) is 6.07 Å². The first-order valence-corrected chi connectivity index (χ1v) is 7.79. The number of Topliss-reactive ketones (excluding diaryl/α,β-unsaturated/α-hetero) is 1. The summed E-state index contributed by atoms with van der Waals surface area (Å²) in [4.78, 5) is 12.8. The molecule has 0 aliphatic carbocycles. The lowest BCUT2D eigenvalue weighted by Gasteiger charge is -2.13. The lowest BCUT2D eigenvalue weighted by molar-refractivity contribution is 0.103. The van der Waals surface area contributed by atoms with Gasteiger partial charge in [-0.1, -0.05) is 6.07 Å². The Hall–Kier alpha value is -3.53. The van der Waals surface area contributed by atoms with E-state index in [-0.39, 0.29) is 28.4 Å². The molecule has 0 saturated carbocycles. The largest absolute Gasteiger partial charge is 0.494 e. The maximum Gasteiger partial charge on any atom is 0.203 e. The van der Waals surface area contributed by atoms with Crippen molar-refractivity contribution in [1.82, 2.24) is 0 Å². The Morgan fingerprint density at radius 3 is 2.00 bits per heavy atom. The Morgan fingerprint density at radius 1 is 0.963 bits per heavy atom. The molecule has 0 amide bonds. The van der Waals surface area contributed by atoms with Gasteiger partial charge in [-0.3, -0.25) is 4.79 Å². The number of hydrogen-bond acceptors (Lipinski definition) is 6. The molecule has 0 aliphatic rings. The van der Waals surface area contributed by atoms with Gasteiger partial charge in [-0.05, 0) is 35.9 Å². The number of benzene rings is 2. The van der Waals surface area contributed by atoms with Crippen LogP contribution in [0.3, 0.4) is 0 Å². The second-order valence-corrected chi connectivity index (χ2v) is 5.31. The standard InChI is InChI=1S/C20H18FNO5/c1-24-16-6-5-12(8-15(16)21)7-14(11-22)19(23)13-9-17(25-2)20(27-4)18(10-13)26-3/h5-10H,1-4H3/b14-7+. The van der Waals surface area contributed by atoms with Gasteiger partial charge in [-0.2, -0.15) is 5.26 Å². The fraction of sp³-hybridized carbons (Fsp3) is 0.200. The van der Waals surface area contributed by atoms with Gasteiger partial charge in [0.2, 0.25) is 11.5 Å². The Balaban J connectivity index is 2.48. The molecule has 7 heteroatoms. The summed E-state index contributed by atoms with van der Waals surface area (Å²) in [5.74, 6) is -0.185. The van der Waals surface area contributed by atoms with Crippen molar-refractivity contribution in [3.8, 4) is 29.1 Å². The van der Waals surface area contributed by atoms with Crippen molar-refractivity contribution in [2.45, 2.75) is 0 Å². The molecule has 0 atom stereocenters. The van der Waals surface area contributed by atoms with Crippen LogP contribution in [0, 0.1) is 17.1 Å². The van der Waals surface area contributed by atoms with Crippen molar-refractivity contribution in [2.24, 2.45) is 0 Å². The zero-order valence-electron chi connectivity index (χ0n) is 15.3. The molecule has 140 valence electrons. The predicted molar refractivity (Wildman–Crippen MR) is 97.0 cm³/mol. The SMILES string of the molecule is COc1ccc(/C=C(\C#N)C(=O)c2cc(OC)c(OC)c(OC)c2)cc1F. The normalized spacial score (nSPS) is 10.7. The zero-order chi connectivity index (χ0) is 20.0. The Kier molecular flexibility index (Phi) is 6.39. The molecule has 0 aromatic heterocycles. The summed E-state index contributed by atoms with van der Waals surface area (Å²) in [7, 11) is 5.64. The Bertz CT molecular complexity index is 905. The molecular weight excluding hydrogens is 353 g/mol. The summed E-state index contributed by atoms with van der Waals surface area (Å²) in [5.41, 5.74) is 0.353. The second-order valence-electron chi connectivity index (χ2n) is 5.31. The van der Waals surface area contributed by atoms with Crippen molar-refractivity contribution < 1.29 is 28.1 Å². The molecule has 2 rings (SSSR count). The van der Waals surface area contributed by atoms with Crippen molar-refractivity contribution >= 4 is 11.9 Å². The predicted octanol–water partition coefficient (Wildman–Crippen LogP) is 3.65. The summed E-state index contributed by atoms with van der Waals surface area (Å²) in [6.07, 6.45) is 1.30. The van der Waals surface area contributed by atoms with Crippen LogP contribution in [-0.2, 0) is 0 Å². The average Bonchev–Trinajstić information content (AvgIpc) is 2.70. The molecule has 0 bridgehead atoms. The van der Waals surface area contributed by atoms with E-state index >= 15 is 0 Å². The Labute approximate surface area is 156 Å². The number of halogens is 1. The number of hydrogen-bond donors (Lipinski definition) is 0. The monoisotopic (exact) mass is 371 g/mol. The number of carbonyl (C=O) groups excluding carboxylic acids is 1. The molecule has 0 spiro atoms. The van der Waals surface area contributed by atoms with Crippen LogP contribution < -0.4 is 18.9 Å². The highest BCUT2D eigenvalue weighted by Crippen LogP contribution is 2.38. The second kappa shape index (κ2) is 8.72. The maximum atomic E-state index is 13.8. The lowest BCUT2D eigenvalue weighted by Crippen LogP contribution is -2.05. The van der Waals surface area contributed by atoms with Crippen molar-refractivity contribution in [2.75, 3.05) is 28.4 Å². The van der Waals surface area contributed by atoms with Gasteiger partial charge in [-0.25, -0.2) is 4.39 Å². The molecule has 0 fully saturated rings. The van der Waals surface area contributed by atoms with Crippen molar-refractivity contribution in [3.63, 3.8) is 0 Å². The minimum atomic E-state index is -0.594. The van der Waals surface area contributed by atoms with E-state index in [1.165, 1.54) is 58.8 Å². The van der Waals surface area contributed by atoms with E-state index in [1.807, 2.05) is 6.07 Å². The summed E-state index contributed by atoms with van der Waals surface area (Å²) in [6.45, 7) is 0. The third kappa shape index (κ3) is 4.18. The quantitative estimate of drug-likeness (QED) is 0.420. The molecule has 2 aromatic carbocycles. The van der Waals surface area contributed by atoms with Crippen molar-refractivity contribution in [3.05, 3.63) is 52.8 Å². The first kappa shape index (κ1) is 19.8. The molecular formula is C20H18FNO5. The third-order valence-corrected chi connectivity index (χ3v) is 3.78. The fourth-order valence-electron chi connectivity index (χ4n) is 2.46. The topological polar surface area (TPSA) is 77.8 Å². The summed E-state index contributed by atoms with van der Waals surface area (Å²) in [5, 5.41) is 9.40. The van der Waals surface area contributed by atoms with E-state index in [0.717, 1.165) is 0 Å². The lowest BCUT2D eigenvalue weighted by atomic mass is 10.0. The highest BCUT2D eigenvalue weighted by atomic mass is 19.1. The van der Waals surface area contributed by atoms with E-state index in [9.17, 15) is 14.4 Å². The summed E-state index contributed by atoms with van der Waals surface area (Å²) >= 11 is 0. The minimum Gasteiger partial charge on any atom is -0.494 e. The maximum absolute atomic E-state index is 13.8. The highest BCUT2D eigenvalue weighted by Gasteiger charge is 2.19. The van der Waals surface area contributed by atoms with Gasteiger partial charge in [0.25, 0.3) is 0 Å². The summed E-state index contributed by atoms with van der Waals surface area (Å²) in [6, 6.07) is 8.88. The number of nitriles is 1. The molecule has 2 aromatic rings. The van der Waals surface area contributed by atoms with Gasteiger partial charge in [0, 0.05) is 5.56 Å². The van der Waals surface area contributed by atoms with Crippen molar-refractivity contribution in [1.29, 1.82) is 5.26 Å². The van der Waals surface area contributed by atoms with Crippen LogP contribution in [0.5, 0.6) is 23.0 Å². The van der Waals surface area contributed by atoms with E-state index < -0.39 is 11.6 Å². The van der Waals surface area contributed by atoms with Gasteiger partial charge in [0.05, 0.1) is 28.4 Å². The minimum absolute atomic E-state index is 0.0709. The zero-order valence-corrected chi connectivity index (χ0v) is 15.3. The van der Waals surface area contributed by atoms with Gasteiger partial charge in [0.15, 0.2) is 23.1 Å². The van der Waals surface area contributed by atoms with Crippen LogP contribution >= 0.6 is 0 Å². The number of rotatable bonds is 7. The number of ether oxygens (including phenoxy) is 4. The molecule has 27 heavy (non-hydrogen) atoms. The number of allylic oxidation sites excluding steroid dienone is 1. The van der Waals surface area contributed by atoms with Gasteiger partial charge >= 0.3 is 0 Å². The van der Waals surface area contributed by atoms with Gasteiger partial charge in [0.1, 0.15) is 11.6 Å². The average molecular weight is 371 g/mol. The molecule has 0 N–H and O–H groups in total. The third-order valence-electron chi connectivity index (χ3n) is 3.78. The van der Waals surface area contributed by atoms with E-state index in [2.05, 4.69) is 0 Å². The van der Waals surface area contributed by atoms with Crippen LogP contribution in [0.25, 0.3) is 6.08 Å². The van der Waals surface area contributed by atoms with E-state index in [4.69, 9.17) is 18.9 Å². The molecule has 0 unspecified atom stereocenters. The van der Waals surface area contributed by atoms with Crippen LogP contribution in [0.4, 0.5) is 4.39 Å². The van der Waals surface area contributed by atoms with Crippen LogP contribution in [0.2, 0.25) is 0 Å². The number of ketones is 1. The highest BCUT2D eigenvalue weighted by molar-refractivity contribution is 6.14. The first-order chi connectivity index (χ1) is 13.0. The molecule has 6 nitrogen and oxygen atoms in total. The molecule has 0 saturated heterocycles.